The van der Waals surface area contributed by atoms with E-state index < -0.39 is 5.41 Å². The number of rotatable bonds is 2. The van der Waals surface area contributed by atoms with Crippen molar-refractivity contribution in [1.82, 2.24) is 9.13 Å². The molecule has 242 valence electrons. The first-order valence-electron chi connectivity index (χ1n) is 17.9. The number of fused-ring (bicyclic) bond motifs is 15. The molecule has 3 heterocycles. The number of para-hydroxylation sites is 4. The lowest BCUT2D eigenvalue weighted by Gasteiger charge is -2.39. The molecule has 0 bridgehead atoms. The number of hydrogen-bond acceptors (Lipinski definition) is 1. The summed E-state index contributed by atoms with van der Waals surface area (Å²) < 4.78 is 11.7. The molecular weight excluding hydrogens is 633 g/mol. The van der Waals surface area contributed by atoms with Crippen molar-refractivity contribution < 1.29 is 4.74 Å². The maximum absolute atomic E-state index is 6.88. The number of benzene rings is 8. The molecule has 1 aliphatic heterocycles. The predicted molar refractivity (Wildman–Crippen MR) is 212 cm³/mol. The second-order valence-corrected chi connectivity index (χ2v) is 14.0. The van der Waals surface area contributed by atoms with E-state index >= 15 is 0 Å². The Bertz CT molecular complexity index is 3010. The van der Waals surface area contributed by atoms with Crippen LogP contribution in [0.5, 0.6) is 11.5 Å². The molecule has 0 saturated carbocycles. The standard InChI is InChI=1S/C49H30N2O/c1-6-18-39-33(13-1)34-14-2-7-19-40(34)49(39)41-20-8-12-24-47(41)52-48-29-38-37-17-5-11-23-45(37)51(46(38)30-42(48)49)32-27-25-31(26-28-32)50-43-21-9-3-15-35(43)36-16-4-10-22-44(36)50/h1-30H. The minimum absolute atomic E-state index is 0.521. The van der Waals surface area contributed by atoms with Crippen molar-refractivity contribution in [2.24, 2.45) is 0 Å². The molecule has 0 fully saturated rings. The monoisotopic (exact) mass is 662 g/mol. The average molecular weight is 663 g/mol. The highest BCUT2D eigenvalue weighted by atomic mass is 16.5. The van der Waals surface area contributed by atoms with Crippen LogP contribution in [0.15, 0.2) is 182 Å². The normalized spacial score (nSPS) is 13.7. The van der Waals surface area contributed by atoms with Crippen molar-refractivity contribution >= 4 is 43.6 Å². The molecule has 8 aromatic carbocycles. The molecule has 0 radical (unpaired) electrons. The fraction of sp³-hybridized carbons (Fsp3) is 0.0204. The second-order valence-electron chi connectivity index (χ2n) is 14.0. The lowest BCUT2D eigenvalue weighted by Crippen LogP contribution is -2.32. The minimum Gasteiger partial charge on any atom is -0.457 e. The Morgan fingerprint density at radius 2 is 0.769 bits per heavy atom. The van der Waals surface area contributed by atoms with Crippen LogP contribution in [0.25, 0.3) is 66.1 Å². The third-order valence-electron chi connectivity index (χ3n) is 11.6. The smallest absolute Gasteiger partial charge is 0.133 e. The molecule has 0 amide bonds. The molecule has 2 aliphatic rings. The molecule has 1 aliphatic carbocycles. The van der Waals surface area contributed by atoms with Crippen LogP contribution in [0.4, 0.5) is 0 Å². The fourth-order valence-corrected chi connectivity index (χ4v) is 9.55. The molecule has 52 heavy (non-hydrogen) atoms. The first-order chi connectivity index (χ1) is 25.8. The Morgan fingerprint density at radius 1 is 0.327 bits per heavy atom. The van der Waals surface area contributed by atoms with E-state index in [9.17, 15) is 0 Å². The van der Waals surface area contributed by atoms with Crippen molar-refractivity contribution in [2.45, 2.75) is 5.41 Å². The molecule has 0 saturated heterocycles. The molecule has 3 nitrogen and oxygen atoms in total. The lowest BCUT2D eigenvalue weighted by atomic mass is 9.66. The fourth-order valence-electron chi connectivity index (χ4n) is 9.55. The van der Waals surface area contributed by atoms with Crippen molar-refractivity contribution in [3.8, 4) is 34.0 Å². The van der Waals surface area contributed by atoms with Gasteiger partial charge in [0.2, 0.25) is 0 Å². The van der Waals surface area contributed by atoms with E-state index in [1.54, 1.807) is 0 Å². The van der Waals surface area contributed by atoms with Gasteiger partial charge in [-0.2, -0.15) is 0 Å². The Morgan fingerprint density at radius 3 is 1.35 bits per heavy atom. The molecule has 0 N–H and O–H groups in total. The molecule has 0 atom stereocenters. The van der Waals surface area contributed by atoms with Gasteiger partial charge in [0.05, 0.1) is 27.5 Å². The quantitative estimate of drug-likeness (QED) is 0.180. The first kappa shape index (κ1) is 27.9. The molecule has 10 aromatic rings. The summed E-state index contributed by atoms with van der Waals surface area (Å²) in [6.45, 7) is 0. The predicted octanol–water partition coefficient (Wildman–Crippen LogP) is 12.3. The maximum Gasteiger partial charge on any atom is 0.133 e. The van der Waals surface area contributed by atoms with Gasteiger partial charge in [-0.3, -0.25) is 0 Å². The minimum atomic E-state index is -0.521. The summed E-state index contributed by atoms with van der Waals surface area (Å²) in [4.78, 5) is 0. The highest BCUT2D eigenvalue weighted by Crippen LogP contribution is 2.62. The summed E-state index contributed by atoms with van der Waals surface area (Å²) in [5, 5.41) is 4.91. The van der Waals surface area contributed by atoms with Gasteiger partial charge in [0.1, 0.15) is 11.5 Å². The number of nitrogens with zero attached hydrogens (tertiary/aromatic N) is 2. The van der Waals surface area contributed by atoms with Gasteiger partial charge in [0.15, 0.2) is 0 Å². The first-order valence-corrected chi connectivity index (χ1v) is 17.9. The largest absolute Gasteiger partial charge is 0.457 e. The molecule has 12 rings (SSSR count). The second kappa shape index (κ2) is 10.1. The molecular formula is C49H30N2O. The Kier molecular flexibility index (Phi) is 5.43. The van der Waals surface area contributed by atoms with E-state index in [0.717, 1.165) is 28.4 Å². The van der Waals surface area contributed by atoms with Gasteiger partial charge in [-0.15, -0.1) is 0 Å². The van der Waals surface area contributed by atoms with Crippen LogP contribution in [0.1, 0.15) is 22.3 Å². The van der Waals surface area contributed by atoms with E-state index in [4.69, 9.17) is 4.74 Å². The number of aromatic nitrogens is 2. The van der Waals surface area contributed by atoms with Gasteiger partial charge in [-0.05, 0) is 82.9 Å². The SMILES string of the molecule is c1ccc2c(c1)Oc1cc3c4ccccc4n(-c4ccc(-n5c6ccccc6c6ccccc65)cc4)c3cc1C21c2ccccc2-c2ccccc21. The van der Waals surface area contributed by atoms with Crippen LogP contribution in [-0.4, -0.2) is 9.13 Å². The zero-order chi connectivity index (χ0) is 34.0. The zero-order valence-electron chi connectivity index (χ0n) is 28.1. The van der Waals surface area contributed by atoms with E-state index in [0.29, 0.717) is 0 Å². The third kappa shape index (κ3) is 3.45. The van der Waals surface area contributed by atoms with Crippen molar-refractivity contribution in [3.05, 3.63) is 204 Å². The summed E-state index contributed by atoms with van der Waals surface area (Å²) >= 11 is 0. The highest BCUT2D eigenvalue weighted by molar-refractivity contribution is 6.11. The van der Waals surface area contributed by atoms with Gasteiger partial charge in [-0.25, -0.2) is 0 Å². The summed E-state index contributed by atoms with van der Waals surface area (Å²) in [5.74, 6) is 1.81. The van der Waals surface area contributed by atoms with Gasteiger partial charge < -0.3 is 13.9 Å². The van der Waals surface area contributed by atoms with Crippen LogP contribution in [0.2, 0.25) is 0 Å². The Balaban J connectivity index is 1.13. The molecule has 1 spiro atoms. The van der Waals surface area contributed by atoms with Crippen LogP contribution >= 0.6 is 0 Å². The van der Waals surface area contributed by atoms with Crippen molar-refractivity contribution in [1.29, 1.82) is 0 Å². The van der Waals surface area contributed by atoms with Crippen molar-refractivity contribution in [3.63, 3.8) is 0 Å². The highest BCUT2D eigenvalue weighted by Gasteiger charge is 2.51. The summed E-state index contributed by atoms with van der Waals surface area (Å²) in [6, 6.07) is 66.3. The number of ether oxygens (including phenoxy) is 1. The van der Waals surface area contributed by atoms with E-state index in [2.05, 4.69) is 191 Å². The summed E-state index contributed by atoms with van der Waals surface area (Å²) in [5.41, 5.74) is 14.0. The average Bonchev–Trinajstić information content (AvgIpc) is 3.82. The van der Waals surface area contributed by atoms with Gasteiger partial charge in [0.25, 0.3) is 0 Å². The van der Waals surface area contributed by atoms with E-state index in [-0.39, 0.29) is 0 Å². The van der Waals surface area contributed by atoms with E-state index in [1.807, 2.05) is 0 Å². The topological polar surface area (TPSA) is 19.1 Å². The van der Waals surface area contributed by atoms with Gasteiger partial charge in [-0.1, -0.05) is 121 Å². The Hall–Kier alpha value is -6.84. The molecule has 2 aromatic heterocycles. The van der Waals surface area contributed by atoms with Crippen LogP contribution in [0.3, 0.4) is 0 Å². The zero-order valence-corrected chi connectivity index (χ0v) is 28.1. The number of hydrogen-bond donors (Lipinski definition) is 0. The maximum atomic E-state index is 6.88. The van der Waals surface area contributed by atoms with Crippen LogP contribution in [-0.2, 0) is 5.41 Å². The van der Waals surface area contributed by atoms with Crippen molar-refractivity contribution in [2.75, 3.05) is 0 Å². The molecule has 0 unspecified atom stereocenters. The summed E-state index contributed by atoms with van der Waals surface area (Å²) in [6.07, 6.45) is 0. The van der Waals surface area contributed by atoms with Crippen LogP contribution < -0.4 is 4.74 Å². The van der Waals surface area contributed by atoms with Gasteiger partial charge in [0, 0.05) is 44.0 Å². The van der Waals surface area contributed by atoms with Gasteiger partial charge >= 0.3 is 0 Å². The summed E-state index contributed by atoms with van der Waals surface area (Å²) in [7, 11) is 0. The Labute approximate surface area is 300 Å². The molecule has 3 heteroatoms. The van der Waals surface area contributed by atoms with E-state index in [1.165, 1.54) is 71.5 Å². The lowest BCUT2D eigenvalue weighted by molar-refractivity contribution is 0.437. The third-order valence-corrected chi connectivity index (χ3v) is 11.6. The van der Waals surface area contributed by atoms with Crippen LogP contribution in [0, 0.1) is 0 Å².